The number of esters is 1. The highest BCUT2D eigenvalue weighted by Crippen LogP contribution is 2.54. The lowest BCUT2D eigenvalue weighted by molar-refractivity contribution is -0.384. The van der Waals surface area contributed by atoms with Crippen molar-refractivity contribution in [2.24, 2.45) is 0 Å². The number of methoxy groups -OCH3 is 1. The van der Waals surface area contributed by atoms with Gasteiger partial charge < -0.3 is 18.9 Å². The number of carbonyl (C=O) groups is 1. The minimum atomic E-state index is -0.574. The third-order valence-electron chi connectivity index (χ3n) is 7.25. The number of rotatable bonds is 4. The molecule has 2 aromatic carbocycles. The molecule has 0 radical (unpaired) electrons. The predicted molar refractivity (Wildman–Crippen MR) is 115 cm³/mol. The molecule has 33 heavy (non-hydrogen) atoms. The third kappa shape index (κ3) is 2.96. The van der Waals surface area contributed by atoms with Crippen molar-refractivity contribution in [1.82, 2.24) is 4.90 Å². The zero-order valence-corrected chi connectivity index (χ0v) is 17.9. The number of benzene rings is 2. The first-order chi connectivity index (χ1) is 16.0. The van der Waals surface area contributed by atoms with Gasteiger partial charge in [0.15, 0.2) is 11.5 Å². The topological polar surface area (TPSA) is 100 Å². The molecule has 0 N–H and O–H groups in total. The van der Waals surface area contributed by atoms with Crippen LogP contribution in [0, 0.1) is 10.1 Å². The van der Waals surface area contributed by atoms with Crippen LogP contribution in [0.25, 0.3) is 0 Å². The van der Waals surface area contributed by atoms with Crippen LogP contribution in [0.5, 0.6) is 11.5 Å². The molecule has 0 aromatic heterocycles. The molecule has 0 saturated carbocycles. The Morgan fingerprint density at radius 2 is 2.06 bits per heavy atom. The van der Waals surface area contributed by atoms with Gasteiger partial charge in [0.25, 0.3) is 5.69 Å². The van der Waals surface area contributed by atoms with E-state index in [-0.39, 0.29) is 30.2 Å². The van der Waals surface area contributed by atoms with Gasteiger partial charge in [0.05, 0.1) is 22.0 Å². The Morgan fingerprint density at radius 3 is 2.85 bits per heavy atom. The molecule has 2 aromatic rings. The van der Waals surface area contributed by atoms with Gasteiger partial charge >= 0.3 is 5.97 Å². The molecule has 1 saturated heterocycles. The summed E-state index contributed by atoms with van der Waals surface area (Å²) in [5.41, 5.74) is 1.63. The molecular formula is C24H22N2O7. The standard InChI is InChI=1S/C24H22N2O7/c1-30-17-5-6-24-18-10-20-19(31-13-32-20)8-15(18)11-25(21(24)9-17)12-22(24)33-23(27)14-3-2-4-16(7-14)26(28)29/h2-8,10,17,21-22H,9,11-13H2,1H3. The summed E-state index contributed by atoms with van der Waals surface area (Å²) in [5.74, 6) is 0.840. The van der Waals surface area contributed by atoms with Gasteiger partial charge in [0.2, 0.25) is 6.79 Å². The Kier molecular flexibility index (Phi) is 4.46. The largest absolute Gasteiger partial charge is 0.456 e. The molecule has 9 heteroatoms. The average Bonchev–Trinajstić information content (AvgIpc) is 3.37. The van der Waals surface area contributed by atoms with E-state index in [0.29, 0.717) is 18.8 Å². The minimum Gasteiger partial charge on any atom is -0.456 e. The van der Waals surface area contributed by atoms with Gasteiger partial charge in [-0.1, -0.05) is 18.2 Å². The zero-order chi connectivity index (χ0) is 22.7. The lowest BCUT2D eigenvalue weighted by Crippen LogP contribution is -2.53. The molecule has 3 heterocycles. The maximum Gasteiger partial charge on any atom is 0.338 e. The molecular weight excluding hydrogens is 428 g/mol. The maximum absolute atomic E-state index is 13.1. The number of nitro benzene ring substituents is 1. The van der Waals surface area contributed by atoms with Crippen molar-refractivity contribution in [3.8, 4) is 11.5 Å². The van der Waals surface area contributed by atoms with Crippen LogP contribution < -0.4 is 9.47 Å². The second-order valence-electron chi connectivity index (χ2n) is 8.81. The molecule has 1 fully saturated rings. The van der Waals surface area contributed by atoms with Gasteiger partial charge in [-0.15, -0.1) is 0 Å². The Hall–Kier alpha value is -3.43. The quantitative estimate of drug-likeness (QED) is 0.303. The van der Waals surface area contributed by atoms with Crippen molar-refractivity contribution in [1.29, 1.82) is 0 Å². The normalized spacial score (nSPS) is 30.5. The molecule has 6 rings (SSSR count). The van der Waals surface area contributed by atoms with Crippen LogP contribution >= 0.6 is 0 Å². The average molecular weight is 450 g/mol. The highest BCUT2D eigenvalue weighted by Gasteiger charge is 2.60. The number of ether oxygens (including phenoxy) is 4. The first kappa shape index (κ1) is 20.2. The summed E-state index contributed by atoms with van der Waals surface area (Å²) in [7, 11) is 1.69. The van der Waals surface area contributed by atoms with Crippen molar-refractivity contribution in [2.45, 2.75) is 36.6 Å². The molecule has 5 unspecified atom stereocenters. The van der Waals surface area contributed by atoms with Gasteiger partial charge in [-0.2, -0.15) is 0 Å². The van der Waals surface area contributed by atoms with Crippen molar-refractivity contribution in [3.63, 3.8) is 0 Å². The molecule has 0 amide bonds. The number of non-ortho nitro benzene ring substituents is 1. The zero-order valence-electron chi connectivity index (χ0n) is 17.9. The van der Waals surface area contributed by atoms with E-state index in [9.17, 15) is 14.9 Å². The van der Waals surface area contributed by atoms with E-state index in [1.165, 1.54) is 24.3 Å². The minimum absolute atomic E-state index is 0.0209. The summed E-state index contributed by atoms with van der Waals surface area (Å²) >= 11 is 0. The SMILES string of the molecule is COC1C=CC23c4cc5c(cc4CN(CC2OC(=O)c2cccc([N+](=O)[O-])c2)C3C1)OCO5. The van der Waals surface area contributed by atoms with Crippen molar-refractivity contribution >= 4 is 11.7 Å². The number of nitrogens with zero attached hydrogens (tertiary/aromatic N) is 2. The van der Waals surface area contributed by atoms with Crippen LogP contribution in [-0.2, 0) is 21.4 Å². The fourth-order valence-corrected chi connectivity index (χ4v) is 5.74. The molecule has 170 valence electrons. The van der Waals surface area contributed by atoms with Crippen LogP contribution in [-0.4, -0.2) is 54.5 Å². The second kappa shape index (κ2) is 7.29. The Bertz CT molecular complexity index is 1200. The summed E-state index contributed by atoms with van der Waals surface area (Å²) in [4.78, 5) is 26.1. The molecule has 1 aliphatic carbocycles. The summed E-state index contributed by atoms with van der Waals surface area (Å²) in [6, 6.07) is 9.75. The van der Waals surface area contributed by atoms with Gasteiger partial charge in [-0.05, 0) is 35.7 Å². The second-order valence-corrected chi connectivity index (χ2v) is 8.81. The first-order valence-electron chi connectivity index (χ1n) is 10.8. The maximum atomic E-state index is 13.1. The Morgan fingerprint density at radius 1 is 1.24 bits per heavy atom. The highest BCUT2D eigenvalue weighted by molar-refractivity contribution is 5.90. The van der Waals surface area contributed by atoms with E-state index in [4.69, 9.17) is 18.9 Å². The van der Waals surface area contributed by atoms with Crippen LogP contribution in [0.3, 0.4) is 0 Å². The van der Waals surface area contributed by atoms with Crippen LogP contribution in [0.1, 0.15) is 27.9 Å². The monoisotopic (exact) mass is 450 g/mol. The smallest absolute Gasteiger partial charge is 0.338 e. The summed E-state index contributed by atoms with van der Waals surface area (Å²) in [6.45, 7) is 1.44. The number of hydrogen-bond donors (Lipinski definition) is 0. The fraction of sp³-hybridized carbons (Fsp3) is 0.375. The van der Waals surface area contributed by atoms with Gasteiger partial charge in [-0.25, -0.2) is 4.79 Å². The van der Waals surface area contributed by atoms with E-state index < -0.39 is 22.4 Å². The number of hydrogen-bond acceptors (Lipinski definition) is 8. The predicted octanol–water partition coefficient (Wildman–Crippen LogP) is 2.96. The highest BCUT2D eigenvalue weighted by atomic mass is 16.7. The summed E-state index contributed by atoms with van der Waals surface area (Å²) < 4.78 is 22.9. The molecule has 2 bridgehead atoms. The lowest BCUT2D eigenvalue weighted by Gasteiger charge is -2.46. The Labute approximate surface area is 189 Å². The van der Waals surface area contributed by atoms with Crippen molar-refractivity contribution in [3.05, 3.63) is 75.4 Å². The number of fused-ring (bicyclic) bond motifs is 2. The van der Waals surface area contributed by atoms with Crippen LogP contribution in [0.4, 0.5) is 5.69 Å². The van der Waals surface area contributed by atoms with E-state index in [1.807, 2.05) is 18.2 Å². The van der Waals surface area contributed by atoms with Crippen LogP contribution in [0.15, 0.2) is 48.6 Å². The first-order valence-corrected chi connectivity index (χ1v) is 10.8. The number of carbonyl (C=O) groups excluding carboxylic acids is 1. The van der Waals surface area contributed by atoms with Crippen molar-refractivity contribution in [2.75, 3.05) is 20.4 Å². The molecule has 9 nitrogen and oxygen atoms in total. The molecule has 5 atom stereocenters. The summed E-state index contributed by atoms with van der Waals surface area (Å²) in [6.07, 6.45) is 4.43. The lowest BCUT2D eigenvalue weighted by atomic mass is 9.65. The van der Waals surface area contributed by atoms with Gasteiger partial charge in [0.1, 0.15) is 6.10 Å². The van der Waals surface area contributed by atoms with Gasteiger partial charge in [0, 0.05) is 38.4 Å². The van der Waals surface area contributed by atoms with E-state index in [1.54, 1.807) is 7.11 Å². The van der Waals surface area contributed by atoms with Crippen molar-refractivity contribution < 1.29 is 28.7 Å². The van der Waals surface area contributed by atoms with Gasteiger partial charge in [-0.3, -0.25) is 15.0 Å². The third-order valence-corrected chi connectivity index (χ3v) is 7.25. The fourth-order valence-electron chi connectivity index (χ4n) is 5.74. The molecule has 4 aliphatic rings. The Balaban J connectivity index is 1.41. The van der Waals surface area contributed by atoms with E-state index in [2.05, 4.69) is 11.0 Å². The molecule has 3 aliphatic heterocycles. The van der Waals surface area contributed by atoms with E-state index >= 15 is 0 Å². The molecule has 0 spiro atoms. The summed E-state index contributed by atoms with van der Waals surface area (Å²) in [5, 5.41) is 11.1. The van der Waals surface area contributed by atoms with E-state index in [0.717, 1.165) is 23.3 Å². The van der Waals surface area contributed by atoms with Crippen LogP contribution in [0.2, 0.25) is 0 Å². The number of nitro groups is 1.